The Morgan fingerprint density at radius 1 is 0.769 bits per heavy atom. The molecule has 2 aromatic carbocycles. The molecule has 0 unspecified atom stereocenters. The van der Waals surface area contributed by atoms with Crippen LogP contribution in [0.3, 0.4) is 0 Å². The molecule has 0 bridgehead atoms. The zero-order valence-electron chi connectivity index (χ0n) is 16.9. The highest BCUT2D eigenvalue weighted by Crippen LogP contribution is 2.33. The maximum Gasteiger partial charge on any atom is 0.316 e. The molecule has 0 radical (unpaired) electrons. The van der Waals surface area contributed by atoms with Crippen LogP contribution in [0.15, 0.2) is 48.5 Å². The number of esters is 1. The Morgan fingerprint density at radius 2 is 1.19 bits per heavy atom. The largest absolute Gasteiger partial charge is 0.491 e. The van der Waals surface area contributed by atoms with E-state index in [2.05, 4.69) is 26.0 Å². The van der Waals surface area contributed by atoms with Gasteiger partial charge in [-0.15, -0.1) is 0 Å². The molecule has 140 valence electrons. The minimum atomic E-state index is -0.516. The van der Waals surface area contributed by atoms with E-state index in [-0.39, 0.29) is 17.5 Å². The van der Waals surface area contributed by atoms with E-state index in [4.69, 9.17) is 9.47 Å². The van der Waals surface area contributed by atoms with Crippen molar-refractivity contribution in [2.75, 3.05) is 0 Å². The van der Waals surface area contributed by atoms with Gasteiger partial charge in [-0.1, -0.05) is 38.1 Å². The lowest BCUT2D eigenvalue weighted by atomic mass is 9.78. The molecule has 2 rings (SSSR count). The Hall–Kier alpha value is -2.29. The molecule has 0 saturated heterocycles. The van der Waals surface area contributed by atoms with E-state index in [1.807, 2.05) is 71.0 Å². The van der Waals surface area contributed by atoms with Crippen LogP contribution in [0.25, 0.3) is 0 Å². The van der Waals surface area contributed by atoms with E-state index in [9.17, 15) is 4.79 Å². The van der Waals surface area contributed by atoms with Crippen LogP contribution in [-0.2, 0) is 10.2 Å². The first-order valence-electron chi connectivity index (χ1n) is 9.10. The second kappa shape index (κ2) is 7.53. The van der Waals surface area contributed by atoms with Crippen molar-refractivity contribution in [2.24, 2.45) is 5.41 Å². The van der Waals surface area contributed by atoms with Crippen molar-refractivity contribution in [3.05, 3.63) is 59.7 Å². The molecular weight excluding hydrogens is 324 g/mol. The summed E-state index contributed by atoms with van der Waals surface area (Å²) in [5.41, 5.74) is 1.68. The quantitative estimate of drug-likeness (QED) is 0.506. The van der Waals surface area contributed by atoms with Gasteiger partial charge in [0.1, 0.15) is 11.5 Å². The summed E-state index contributed by atoms with van der Waals surface area (Å²) in [5, 5.41) is 0. The Kier molecular flexibility index (Phi) is 5.80. The molecule has 26 heavy (non-hydrogen) atoms. The molecule has 0 aliphatic carbocycles. The summed E-state index contributed by atoms with van der Waals surface area (Å²) in [5.74, 6) is 1.22. The smallest absolute Gasteiger partial charge is 0.316 e. The molecule has 0 spiro atoms. The van der Waals surface area contributed by atoms with Crippen LogP contribution in [0.1, 0.15) is 59.6 Å². The van der Waals surface area contributed by atoms with E-state index in [0.29, 0.717) is 5.75 Å². The average molecular weight is 354 g/mol. The standard InChI is InChI=1S/C23H30O3/c1-16(2)25-19-12-8-17(9-13-19)23(6,7)18-10-14-20(15-11-18)26-21(24)22(3,4)5/h8-16H,1-7H3. The number of hydrogen-bond donors (Lipinski definition) is 0. The van der Waals surface area contributed by atoms with Gasteiger partial charge in [0.25, 0.3) is 0 Å². The highest BCUT2D eigenvalue weighted by Gasteiger charge is 2.25. The van der Waals surface area contributed by atoms with Crippen molar-refractivity contribution in [3.8, 4) is 11.5 Å². The highest BCUT2D eigenvalue weighted by molar-refractivity contribution is 5.77. The highest BCUT2D eigenvalue weighted by atomic mass is 16.5. The van der Waals surface area contributed by atoms with Crippen molar-refractivity contribution in [1.82, 2.24) is 0 Å². The van der Waals surface area contributed by atoms with Gasteiger partial charge in [0, 0.05) is 5.41 Å². The van der Waals surface area contributed by atoms with Gasteiger partial charge < -0.3 is 9.47 Å². The van der Waals surface area contributed by atoms with Crippen molar-refractivity contribution in [1.29, 1.82) is 0 Å². The first kappa shape index (κ1) is 20.0. The third-order valence-electron chi connectivity index (χ3n) is 4.35. The Bertz CT molecular complexity index is 733. The van der Waals surface area contributed by atoms with Crippen LogP contribution in [-0.4, -0.2) is 12.1 Å². The Morgan fingerprint density at radius 3 is 1.58 bits per heavy atom. The van der Waals surface area contributed by atoms with Gasteiger partial charge in [-0.25, -0.2) is 0 Å². The topological polar surface area (TPSA) is 35.5 Å². The Labute approximate surface area is 157 Å². The van der Waals surface area contributed by atoms with Gasteiger partial charge in [-0.3, -0.25) is 4.79 Å². The molecule has 0 heterocycles. The lowest BCUT2D eigenvalue weighted by Crippen LogP contribution is -2.25. The second-order valence-corrected chi connectivity index (χ2v) is 8.48. The van der Waals surface area contributed by atoms with Crippen molar-refractivity contribution < 1.29 is 14.3 Å². The predicted molar refractivity (Wildman–Crippen MR) is 106 cm³/mol. The lowest BCUT2D eigenvalue weighted by molar-refractivity contribution is -0.142. The van der Waals surface area contributed by atoms with Gasteiger partial charge >= 0.3 is 5.97 Å². The number of rotatable bonds is 5. The zero-order chi connectivity index (χ0) is 19.5. The summed E-state index contributed by atoms with van der Waals surface area (Å²) in [6.45, 7) is 13.9. The summed E-state index contributed by atoms with van der Waals surface area (Å²) in [4.78, 5) is 12.0. The molecular formula is C23H30O3. The summed E-state index contributed by atoms with van der Waals surface area (Å²) in [6, 6.07) is 16.0. The maximum absolute atomic E-state index is 12.0. The zero-order valence-corrected chi connectivity index (χ0v) is 16.9. The molecule has 2 aromatic rings. The van der Waals surface area contributed by atoms with E-state index in [0.717, 1.165) is 11.3 Å². The fraction of sp³-hybridized carbons (Fsp3) is 0.435. The summed E-state index contributed by atoms with van der Waals surface area (Å²) < 4.78 is 11.2. The molecule has 0 saturated carbocycles. The van der Waals surface area contributed by atoms with Crippen LogP contribution < -0.4 is 9.47 Å². The van der Waals surface area contributed by atoms with Crippen LogP contribution in [0.2, 0.25) is 0 Å². The number of hydrogen-bond acceptors (Lipinski definition) is 3. The molecule has 0 aromatic heterocycles. The van der Waals surface area contributed by atoms with E-state index in [1.165, 1.54) is 5.56 Å². The third kappa shape index (κ3) is 4.87. The monoisotopic (exact) mass is 354 g/mol. The second-order valence-electron chi connectivity index (χ2n) is 8.48. The molecule has 0 aliphatic rings. The molecule has 0 aliphatic heterocycles. The molecule has 0 atom stereocenters. The molecule has 0 amide bonds. The first-order chi connectivity index (χ1) is 12.0. The van der Waals surface area contributed by atoms with Crippen LogP contribution in [0, 0.1) is 5.41 Å². The average Bonchev–Trinajstić information content (AvgIpc) is 2.54. The Balaban J connectivity index is 2.17. The maximum atomic E-state index is 12.0. The van der Waals surface area contributed by atoms with Gasteiger partial charge in [0.05, 0.1) is 11.5 Å². The fourth-order valence-corrected chi connectivity index (χ4v) is 2.59. The molecule has 0 N–H and O–H groups in total. The normalized spacial score (nSPS) is 12.2. The van der Waals surface area contributed by atoms with Gasteiger partial charge in [-0.05, 0) is 70.0 Å². The van der Waals surface area contributed by atoms with Gasteiger partial charge in [-0.2, -0.15) is 0 Å². The van der Waals surface area contributed by atoms with Gasteiger partial charge in [0.2, 0.25) is 0 Å². The van der Waals surface area contributed by atoms with Crippen molar-refractivity contribution in [2.45, 2.75) is 60.0 Å². The van der Waals surface area contributed by atoms with Crippen LogP contribution in [0.5, 0.6) is 11.5 Å². The minimum Gasteiger partial charge on any atom is -0.491 e. The van der Waals surface area contributed by atoms with Crippen LogP contribution >= 0.6 is 0 Å². The summed E-state index contributed by atoms with van der Waals surface area (Å²) in [6.07, 6.45) is 0.164. The SMILES string of the molecule is CC(C)Oc1ccc(C(C)(C)c2ccc(OC(=O)C(C)(C)C)cc2)cc1. The van der Waals surface area contributed by atoms with E-state index in [1.54, 1.807) is 0 Å². The molecule has 3 heteroatoms. The molecule has 0 fully saturated rings. The first-order valence-corrected chi connectivity index (χ1v) is 9.10. The summed E-state index contributed by atoms with van der Waals surface area (Å²) >= 11 is 0. The molecule has 3 nitrogen and oxygen atoms in total. The van der Waals surface area contributed by atoms with Gasteiger partial charge in [0.15, 0.2) is 0 Å². The van der Waals surface area contributed by atoms with E-state index >= 15 is 0 Å². The number of carbonyl (C=O) groups is 1. The number of benzene rings is 2. The predicted octanol–water partition coefficient (Wildman–Crippen LogP) is 5.75. The minimum absolute atomic E-state index is 0.164. The van der Waals surface area contributed by atoms with Crippen molar-refractivity contribution >= 4 is 5.97 Å². The summed E-state index contributed by atoms with van der Waals surface area (Å²) in [7, 11) is 0. The number of ether oxygens (including phenoxy) is 2. The van der Waals surface area contributed by atoms with E-state index < -0.39 is 5.41 Å². The fourth-order valence-electron chi connectivity index (χ4n) is 2.59. The van der Waals surface area contributed by atoms with Crippen molar-refractivity contribution in [3.63, 3.8) is 0 Å². The third-order valence-corrected chi connectivity index (χ3v) is 4.35. The lowest BCUT2D eigenvalue weighted by Gasteiger charge is -2.27. The number of carbonyl (C=O) groups excluding carboxylic acids is 1. The van der Waals surface area contributed by atoms with Crippen LogP contribution in [0.4, 0.5) is 0 Å².